The zero-order chi connectivity index (χ0) is 21.3. The molecule has 0 aliphatic heterocycles. The first-order valence-electron chi connectivity index (χ1n) is 8.38. The van der Waals surface area contributed by atoms with Gasteiger partial charge in [-0.05, 0) is 53.9 Å². The number of aromatic nitrogens is 2. The van der Waals surface area contributed by atoms with E-state index in [1.54, 1.807) is 31.3 Å². The molecule has 1 aromatic carbocycles. The number of benzene rings is 1. The number of amides is 1. The van der Waals surface area contributed by atoms with E-state index in [9.17, 15) is 22.8 Å². The minimum absolute atomic E-state index is 0.175. The Labute approximate surface area is 168 Å². The normalized spacial score (nSPS) is 11.4. The monoisotopic (exact) mass is 421 g/mol. The van der Waals surface area contributed by atoms with Gasteiger partial charge in [-0.3, -0.25) is 14.6 Å². The van der Waals surface area contributed by atoms with Gasteiger partial charge in [0.2, 0.25) is 0 Å². The fourth-order valence-electron chi connectivity index (χ4n) is 2.70. The lowest BCUT2D eigenvalue weighted by Gasteiger charge is -2.12. The molecule has 9 heteroatoms. The molecular weight excluding hydrogens is 407 g/mol. The number of hydrogen-bond donors (Lipinski definition) is 1. The molecule has 29 heavy (non-hydrogen) atoms. The van der Waals surface area contributed by atoms with Crippen LogP contribution in [0.5, 0.6) is 0 Å². The number of alkyl halides is 3. The summed E-state index contributed by atoms with van der Waals surface area (Å²) in [5.74, 6) is -0.713. The predicted molar refractivity (Wildman–Crippen MR) is 104 cm³/mol. The summed E-state index contributed by atoms with van der Waals surface area (Å²) in [6.45, 7) is 1.82. The van der Waals surface area contributed by atoms with Crippen molar-refractivity contribution in [1.29, 1.82) is 0 Å². The maximum absolute atomic E-state index is 12.8. The van der Waals surface area contributed by atoms with Gasteiger partial charge in [0, 0.05) is 30.6 Å². The minimum Gasteiger partial charge on any atom is -0.322 e. The SMILES string of the molecule is Cc1ccc(NC(=O)c2ccnc(C(F)(F)F)c2)cc1-c1cc(Cl)n(C)c(=O)c1. The molecule has 0 aliphatic carbocycles. The number of pyridine rings is 2. The van der Waals surface area contributed by atoms with Crippen LogP contribution >= 0.6 is 11.6 Å². The third kappa shape index (κ3) is 4.48. The van der Waals surface area contributed by atoms with Crippen molar-refractivity contribution in [2.24, 2.45) is 7.05 Å². The van der Waals surface area contributed by atoms with Crippen LogP contribution in [0.25, 0.3) is 11.1 Å². The van der Waals surface area contributed by atoms with E-state index in [1.165, 1.54) is 16.7 Å². The molecule has 0 fully saturated rings. The van der Waals surface area contributed by atoms with Crippen LogP contribution in [-0.4, -0.2) is 15.5 Å². The molecule has 0 saturated carbocycles. The summed E-state index contributed by atoms with van der Waals surface area (Å²) < 4.78 is 39.7. The van der Waals surface area contributed by atoms with Crippen molar-refractivity contribution in [2.45, 2.75) is 13.1 Å². The summed E-state index contributed by atoms with van der Waals surface area (Å²) in [6.07, 6.45) is -3.72. The van der Waals surface area contributed by atoms with Gasteiger partial charge in [0.1, 0.15) is 10.8 Å². The maximum Gasteiger partial charge on any atom is 0.433 e. The van der Waals surface area contributed by atoms with Crippen LogP contribution in [0.2, 0.25) is 5.15 Å². The zero-order valence-electron chi connectivity index (χ0n) is 15.3. The number of hydrogen-bond acceptors (Lipinski definition) is 3. The third-order valence-electron chi connectivity index (χ3n) is 4.32. The van der Waals surface area contributed by atoms with E-state index in [4.69, 9.17) is 11.6 Å². The number of rotatable bonds is 3. The summed E-state index contributed by atoms with van der Waals surface area (Å²) in [7, 11) is 1.54. The van der Waals surface area contributed by atoms with Crippen molar-refractivity contribution >= 4 is 23.2 Å². The number of carbonyl (C=O) groups excluding carboxylic acids is 1. The highest BCUT2D eigenvalue weighted by atomic mass is 35.5. The average Bonchev–Trinajstić information content (AvgIpc) is 2.66. The highest BCUT2D eigenvalue weighted by molar-refractivity contribution is 6.29. The van der Waals surface area contributed by atoms with Gasteiger partial charge < -0.3 is 9.88 Å². The van der Waals surface area contributed by atoms with Gasteiger partial charge in [0.25, 0.3) is 11.5 Å². The number of nitrogens with zero attached hydrogens (tertiary/aromatic N) is 2. The fraction of sp³-hybridized carbons (Fsp3) is 0.150. The summed E-state index contributed by atoms with van der Waals surface area (Å²) in [4.78, 5) is 27.7. The van der Waals surface area contributed by atoms with Gasteiger partial charge in [-0.25, -0.2) is 0 Å². The first-order valence-corrected chi connectivity index (χ1v) is 8.76. The molecular formula is C20H15ClF3N3O2. The second-order valence-corrected chi connectivity index (χ2v) is 6.76. The first-order chi connectivity index (χ1) is 13.6. The van der Waals surface area contributed by atoms with E-state index in [0.717, 1.165) is 11.8 Å². The molecule has 5 nitrogen and oxygen atoms in total. The molecule has 0 saturated heterocycles. The lowest BCUT2D eigenvalue weighted by Crippen LogP contribution is -2.16. The van der Waals surface area contributed by atoms with Gasteiger partial charge in [-0.2, -0.15) is 13.2 Å². The molecule has 1 N–H and O–H groups in total. The molecule has 0 atom stereocenters. The Kier molecular flexibility index (Phi) is 5.48. The summed E-state index contributed by atoms with van der Waals surface area (Å²) in [5.41, 5.74) is 0.796. The third-order valence-corrected chi connectivity index (χ3v) is 4.69. The van der Waals surface area contributed by atoms with E-state index >= 15 is 0 Å². The molecule has 0 bridgehead atoms. The van der Waals surface area contributed by atoms with Crippen LogP contribution in [0.1, 0.15) is 21.6 Å². The summed E-state index contributed by atoms with van der Waals surface area (Å²) >= 11 is 6.07. The van der Waals surface area contributed by atoms with Crippen molar-refractivity contribution in [2.75, 3.05) is 5.32 Å². The topological polar surface area (TPSA) is 64.0 Å². The van der Waals surface area contributed by atoms with Crippen LogP contribution in [0, 0.1) is 6.92 Å². The molecule has 0 spiro atoms. The largest absolute Gasteiger partial charge is 0.433 e. The Hall–Kier alpha value is -3.13. The molecule has 0 aliphatic rings. The molecule has 3 aromatic rings. The smallest absolute Gasteiger partial charge is 0.322 e. The number of anilines is 1. The van der Waals surface area contributed by atoms with Crippen molar-refractivity contribution in [3.05, 3.63) is 81.0 Å². The van der Waals surface area contributed by atoms with E-state index in [1.807, 2.05) is 6.92 Å². The Bertz CT molecular complexity index is 1160. The van der Waals surface area contributed by atoms with Gasteiger partial charge in [-0.1, -0.05) is 17.7 Å². The van der Waals surface area contributed by atoms with Crippen LogP contribution in [0.4, 0.5) is 18.9 Å². The van der Waals surface area contributed by atoms with E-state index in [-0.39, 0.29) is 16.3 Å². The zero-order valence-corrected chi connectivity index (χ0v) is 16.1. The Morgan fingerprint density at radius 2 is 1.86 bits per heavy atom. The van der Waals surface area contributed by atoms with Crippen molar-refractivity contribution in [3.8, 4) is 11.1 Å². The molecule has 150 valence electrons. The standard InChI is InChI=1S/C20H15ClF3N3O2/c1-11-3-4-14(10-15(11)13-8-17(21)27(2)18(28)9-13)26-19(29)12-5-6-25-16(7-12)20(22,23)24/h3-10H,1-2H3,(H,26,29). The predicted octanol–water partition coefficient (Wildman–Crippen LogP) is 4.68. The summed E-state index contributed by atoms with van der Waals surface area (Å²) in [5, 5.41) is 2.81. The maximum atomic E-state index is 12.8. The Morgan fingerprint density at radius 1 is 1.14 bits per heavy atom. The number of halogens is 4. The molecule has 0 radical (unpaired) electrons. The fourth-order valence-corrected chi connectivity index (χ4v) is 2.90. The van der Waals surface area contributed by atoms with Gasteiger partial charge in [0.05, 0.1) is 0 Å². The van der Waals surface area contributed by atoms with Gasteiger partial charge >= 0.3 is 6.18 Å². The van der Waals surface area contributed by atoms with E-state index in [0.29, 0.717) is 22.9 Å². The van der Waals surface area contributed by atoms with E-state index in [2.05, 4.69) is 10.3 Å². The lowest BCUT2D eigenvalue weighted by molar-refractivity contribution is -0.141. The quantitative estimate of drug-likeness (QED) is 0.624. The van der Waals surface area contributed by atoms with E-state index < -0.39 is 17.8 Å². The molecule has 2 heterocycles. The molecule has 3 rings (SSSR count). The highest BCUT2D eigenvalue weighted by Gasteiger charge is 2.32. The van der Waals surface area contributed by atoms with Gasteiger partial charge in [-0.15, -0.1) is 0 Å². The second kappa shape index (κ2) is 7.71. The van der Waals surface area contributed by atoms with Crippen molar-refractivity contribution in [1.82, 2.24) is 9.55 Å². The Balaban J connectivity index is 1.93. The van der Waals surface area contributed by atoms with Crippen LogP contribution in [-0.2, 0) is 13.2 Å². The number of carbonyl (C=O) groups is 1. The van der Waals surface area contributed by atoms with Crippen LogP contribution < -0.4 is 10.9 Å². The average molecular weight is 422 g/mol. The molecule has 1 amide bonds. The van der Waals surface area contributed by atoms with Crippen LogP contribution in [0.3, 0.4) is 0 Å². The molecule has 2 aromatic heterocycles. The minimum atomic E-state index is -4.65. The van der Waals surface area contributed by atoms with Gasteiger partial charge in [0.15, 0.2) is 0 Å². The van der Waals surface area contributed by atoms with Crippen molar-refractivity contribution < 1.29 is 18.0 Å². The van der Waals surface area contributed by atoms with Crippen LogP contribution in [0.15, 0.2) is 53.5 Å². The first kappa shape index (κ1) is 20.6. The second-order valence-electron chi connectivity index (χ2n) is 6.38. The van der Waals surface area contributed by atoms with Crippen molar-refractivity contribution in [3.63, 3.8) is 0 Å². The number of aryl methyl sites for hydroxylation is 1. The molecule has 0 unspecified atom stereocenters. The lowest BCUT2D eigenvalue weighted by atomic mass is 10.0. The Morgan fingerprint density at radius 3 is 2.52 bits per heavy atom. The number of nitrogens with one attached hydrogen (secondary N) is 1. The highest BCUT2D eigenvalue weighted by Crippen LogP contribution is 2.29. The summed E-state index contributed by atoms with van der Waals surface area (Å²) in [6, 6.07) is 9.89.